The first-order valence-corrected chi connectivity index (χ1v) is 9.56. The number of aromatic nitrogens is 2. The van der Waals surface area contributed by atoms with E-state index in [-0.39, 0.29) is 11.7 Å². The number of amides is 1. The summed E-state index contributed by atoms with van der Waals surface area (Å²) in [5.74, 6) is -1.47. The molecule has 0 radical (unpaired) electrons. The molecule has 9 heteroatoms. The Morgan fingerprint density at radius 1 is 1.24 bits per heavy atom. The van der Waals surface area contributed by atoms with Crippen LogP contribution < -0.4 is 10.9 Å². The lowest BCUT2D eigenvalue weighted by atomic mass is 10.2. The molecule has 0 saturated heterocycles. The summed E-state index contributed by atoms with van der Waals surface area (Å²) in [6.07, 6.45) is 0. The van der Waals surface area contributed by atoms with Crippen LogP contribution in [0.5, 0.6) is 0 Å². The lowest BCUT2D eigenvalue weighted by Crippen LogP contribution is -2.29. The third-order valence-corrected chi connectivity index (χ3v) is 5.18. The fourth-order valence-electron chi connectivity index (χ4n) is 2.59. The molecule has 1 aromatic heterocycles. The Morgan fingerprint density at radius 2 is 2.00 bits per heavy atom. The van der Waals surface area contributed by atoms with Gasteiger partial charge in [-0.3, -0.25) is 19.0 Å². The molecule has 0 aliphatic heterocycles. The van der Waals surface area contributed by atoms with Gasteiger partial charge in [-0.2, -0.15) is 0 Å². The molecule has 3 rings (SSSR count). The first-order valence-electron chi connectivity index (χ1n) is 8.68. The number of halogens is 1. The van der Waals surface area contributed by atoms with E-state index in [2.05, 4.69) is 15.0 Å². The van der Waals surface area contributed by atoms with Crippen LogP contribution in [0, 0.1) is 5.82 Å². The third kappa shape index (κ3) is 4.80. The van der Waals surface area contributed by atoms with Gasteiger partial charge in [0.2, 0.25) is 5.91 Å². The normalized spacial score (nSPS) is 11.8. The maximum Gasteiger partial charge on any atom is 0.325 e. The molecule has 1 heterocycles. The van der Waals surface area contributed by atoms with Gasteiger partial charge in [0, 0.05) is 5.69 Å². The van der Waals surface area contributed by atoms with Crippen molar-refractivity contribution in [1.29, 1.82) is 0 Å². The van der Waals surface area contributed by atoms with E-state index in [1.807, 2.05) is 0 Å². The summed E-state index contributed by atoms with van der Waals surface area (Å²) in [7, 11) is 1.23. The molecule has 29 heavy (non-hydrogen) atoms. The van der Waals surface area contributed by atoms with Crippen molar-refractivity contribution >= 4 is 40.2 Å². The minimum Gasteiger partial charge on any atom is -0.468 e. The molecule has 1 N–H and O–H groups in total. The summed E-state index contributed by atoms with van der Waals surface area (Å²) < 4.78 is 19.2. The molecule has 0 aliphatic rings. The molecule has 1 atom stereocenters. The van der Waals surface area contributed by atoms with Crippen LogP contribution in [0.4, 0.5) is 10.1 Å². The van der Waals surface area contributed by atoms with Crippen LogP contribution >= 0.6 is 11.8 Å². The van der Waals surface area contributed by atoms with E-state index < -0.39 is 28.5 Å². The summed E-state index contributed by atoms with van der Waals surface area (Å²) in [5.41, 5.74) is 0.376. The van der Waals surface area contributed by atoms with Crippen LogP contribution in [0.2, 0.25) is 0 Å². The number of thioether (sulfide) groups is 1. The van der Waals surface area contributed by atoms with Crippen LogP contribution in [0.25, 0.3) is 10.9 Å². The number of hydrogen-bond acceptors (Lipinski definition) is 6. The van der Waals surface area contributed by atoms with E-state index in [1.165, 1.54) is 29.9 Å². The number of esters is 1. The molecule has 0 unspecified atom stereocenters. The molecular weight excluding hydrogens is 397 g/mol. The molecule has 0 bridgehead atoms. The van der Waals surface area contributed by atoms with Crippen molar-refractivity contribution in [2.24, 2.45) is 0 Å². The van der Waals surface area contributed by atoms with Gasteiger partial charge in [0.15, 0.2) is 5.16 Å². The average molecular weight is 415 g/mol. The Kier molecular flexibility index (Phi) is 6.28. The second kappa shape index (κ2) is 8.87. The molecule has 7 nitrogen and oxygen atoms in total. The summed E-state index contributed by atoms with van der Waals surface area (Å²) in [6, 6.07) is 12.3. The fourth-order valence-corrected chi connectivity index (χ4v) is 3.50. The average Bonchev–Trinajstić information content (AvgIpc) is 2.70. The molecule has 2 aromatic carbocycles. The maximum atomic E-state index is 13.3. The van der Waals surface area contributed by atoms with E-state index in [9.17, 15) is 18.8 Å². The molecular formula is C20H18FN3O4S. The zero-order valence-electron chi connectivity index (χ0n) is 15.7. The van der Waals surface area contributed by atoms with Crippen molar-refractivity contribution in [3.8, 4) is 0 Å². The molecule has 1 amide bonds. The second-order valence-corrected chi connectivity index (χ2v) is 7.45. The summed E-state index contributed by atoms with van der Waals surface area (Å²) >= 11 is 1.02. The van der Waals surface area contributed by atoms with Gasteiger partial charge in [-0.15, -0.1) is 0 Å². The van der Waals surface area contributed by atoms with Gasteiger partial charge in [-0.25, -0.2) is 9.37 Å². The van der Waals surface area contributed by atoms with E-state index in [0.717, 1.165) is 11.8 Å². The zero-order valence-corrected chi connectivity index (χ0v) is 16.5. The van der Waals surface area contributed by atoms with E-state index in [4.69, 9.17) is 0 Å². The van der Waals surface area contributed by atoms with Gasteiger partial charge in [0.05, 0.1) is 23.3 Å². The Bertz CT molecular complexity index is 1130. The highest BCUT2D eigenvalue weighted by molar-refractivity contribution is 8.00. The van der Waals surface area contributed by atoms with Crippen molar-refractivity contribution in [2.75, 3.05) is 12.4 Å². The van der Waals surface area contributed by atoms with E-state index in [0.29, 0.717) is 16.6 Å². The number of methoxy groups -OCH3 is 1. The Hall–Kier alpha value is -3.20. The maximum absolute atomic E-state index is 13.3. The minimum atomic E-state index is -0.671. The molecule has 0 saturated carbocycles. The van der Waals surface area contributed by atoms with Gasteiger partial charge in [0.1, 0.15) is 12.4 Å². The molecule has 0 fully saturated rings. The first-order chi connectivity index (χ1) is 13.9. The number of para-hydroxylation sites is 1. The Labute approximate surface area is 169 Å². The SMILES string of the molecule is COC(=O)Cn1c(S[C@H](C)C(=O)Nc2cccc(F)c2)nc2ccccc2c1=O. The summed E-state index contributed by atoms with van der Waals surface area (Å²) in [5, 5.41) is 2.52. The summed E-state index contributed by atoms with van der Waals surface area (Å²) in [4.78, 5) is 41.6. The number of nitrogens with zero attached hydrogens (tertiary/aromatic N) is 2. The molecule has 0 spiro atoms. The van der Waals surface area contributed by atoms with Gasteiger partial charge < -0.3 is 10.1 Å². The Balaban J connectivity index is 1.91. The van der Waals surface area contributed by atoms with Gasteiger partial charge in [-0.05, 0) is 37.3 Å². The number of nitrogens with one attached hydrogen (secondary N) is 1. The fraction of sp³-hybridized carbons (Fsp3) is 0.200. The Morgan fingerprint density at radius 3 is 2.72 bits per heavy atom. The number of carbonyl (C=O) groups is 2. The quantitative estimate of drug-likeness (QED) is 0.378. The smallest absolute Gasteiger partial charge is 0.325 e. The van der Waals surface area contributed by atoms with Crippen LogP contribution in [-0.4, -0.2) is 33.8 Å². The topological polar surface area (TPSA) is 90.3 Å². The van der Waals surface area contributed by atoms with Crippen molar-refractivity contribution < 1.29 is 18.7 Å². The number of carbonyl (C=O) groups excluding carboxylic acids is 2. The summed E-state index contributed by atoms with van der Waals surface area (Å²) in [6.45, 7) is 1.30. The lowest BCUT2D eigenvalue weighted by molar-refractivity contribution is -0.141. The van der Waals surface area contributed by atoms with Gasteiger partial charge >= 0.3 is 5.97 Å². The van der Waals surface area contributed by atoms with Crippen LogP contribution in [0.3, 0.4) is 0 Å². The standard InChI is InChI=1S/C20H18FN3O4S/c1-12(18(26)22-14-7-5-6-13(21)10-14)29-20-23-16-9-4-3-8-15(16)19(27)24(20)11-17(25)28-2/h3-10,12H,11H2,1-2H3,(H,22,26)/t12-/m1/s1. The number of anilines is 1. The second-order valence-electron chi connectivity index (χ2n) is 6.14. The highest BCUT2D eigenvalue weighted by Crippen LogP contribution is 2.24. The molecule has 0 aliphatic carbocycles. The number of rotatable bonds is 6. The number of fused-ring (bicyclic) bond motifs is 1. The van der Waals surface area contributed by atoms with Crippen LogP contribution in [0.1, 0.15) is 6.92 Å². The van der Waals surface area contributed by atoms with Crippen molar-refractivity contribution in [3.63, 3.8) is 0 Å². The monoisotopic (exact) mass is 415 g/mol. The van der Waals surface area contributed by atoms with Crippen molar-refractivity contribution in [2.45, 2.75) is 23.9 Å². The zero-order chi connectivity index (χ0) is 21.0. The first kappa shape index (κ1) is 20.5. The third-order valence-electron chi connectivity index (χ3n) is 4.09. The van der Waals surface area contributed by atoms with E-state index >= 15 is 0 Å². The highest BCUT2D eigenvalue weighted by atomic mass is 32.2. The van der Waals surface area contributed by atoms with Crippen molar-refractivity contribution in [1.82, 2.24) is 9.55 Å². The van der Waals surface area contributed by atoms with Crippen LogP contribution in [-0.2, 0) is 20.9 Å². The predicted molar refractivity (Wildman–Crippen MR) is 108 cm³/mol. The number of benzene rings is 2. The predicted octanol–water partition coefficient (Wildman–Crippen LogP) is 2.83. The largest absolute Gasteiger partial charge is 0.468 e. The van der Waals surface area contributed by atoms with Gasteiger partial charge in [-0.1, -0.05) is 30.0 Å². The van der Waals surface area contributed by atoms with Crippen molar-refractivity contribution in [3.05, 3.63) is 64.7 Å². The van der Waals surface area contributed by atoms with Gasteiger partial charge in [0.25, 0.3) is 5.56 Å². The minimum absolute atomic E-state index is 0.209. The number of ether oxygens (including phenoxy) is 1. The van der Waals surface area contributed by atoms with E-state index in [1.54, 1.807) is 37.3 Å². The molecule has 3 aromatic rings. The lowest BCUT2D eigenvalue weighted by Gasteiger charge is -2.16. The number of hydrogen-bond donors (Lipinski definition) is 1. The van der Waals surface area contributed by atoms with Crippen LogP contribution in [0.15, 0.2) is 58.5 Å². The highest BCUT2D eigenvalue weighted by Gasteiger charge is 2.21. The molecule has 150 valence electrons.